The number of hydrogen-bond donors (Lipinski definition) is 0. The average Bonchev–Trinajstić information content (AvgIpc) is 2.80. The van der Waals surface area contributed by atoms with Gasteiger partial charge in [-0.2, -0.15) is 8.42 Å². The maximum atomic E-state index is 12.5. The molecule has 4 rings (SSSR count). The van der Waals surface area contributed by atoms with Gasteiger partial charge in [-0.05, 0) is 49.2 Å². The van der Waals surface area contributed by atoms with E-state index < -0.39 is 10.1 Å². The van der Waals surface area contributed by atoms with Gasteiger partial charge in [-0.3, -0.25) is 4.90 Å². The second-order valence-corrected chi connectivity index (χ2v) is 9.41. The van der Waals surface area contributed by atoms with Crippen molar-refractivity contribution in [2.75, 3.05) is 19.7 Å². The standard InChI is InChI=1S/C25H27NO4S/c1-19-8-14-24(15-9-19)31(27,28)30-23-12-10-22(11-13-23)25-18-26(16-17-29-25)20(2)21-6-4-3-5-7-21/h3-15,20,25H,16-18H2,1-2H3/t20-,25-/m1/s1. The summed E-state index contributed by atoms with van der Waals surface area (Å²) in [5, 5.41) is 0. The quantitative estimate of drug-likeness (QED) is 0.514. The van der Waals surface area contributed by atoms with E-state index in [0.29, 0.717) is 12.6 Å². The van der Waals surface area contributed by atoms with Crippen LogP contribution in [0.15, 0.2) is 83.8 Å². The van der Waals surface area contributed by atoms with Crippen molar-refractivity contribution >= 4 is 10.1 Å². The molecule has 0 spiro atoms. The Kier molecular flexibility index (Phi) is 6.41. The van der Waals surface area contributed by atoms with Gasteiger partial charge in [-0.25, -0.2) is 0 Å². The van der Waals surface area contributed by atoms with E-state index in [2.05, 4.69) is 36.1 Å². The van der Waals surface area contributed by atoms with E-state index in [0.717, 1.165) is 24.2 Å². The van der Waals surface area contributed by atoms with Crippen LogP contribution in [0, 0.1) is 6.92 Å². The van der Waals surface area contributed by atoms with E-state index in [-0.39, 0.29) is 16.7 Å². The Hall–Kier alpha value is -2.67. The minimum Gasteiger partial charge on any atom is -0.379 e. The van der Waals surface area contributed by atoms with Gasteiger partial charge < -0.3 is 8.92 Å². The Morgan fingerprint density at radius 1 is 0.968 bits per heavy atom. The fourth-order valence-electron chi connectivity index (χ4n) is 3.78. The van der Waals surface area contributed by atoms with Crippen LogP contribution in [0.1, 0.15) is 35.8 Å². The second-order valence-electron chi connectivity index (χ2n) is 7.86. The van der Waals surface area contributed by atoms with Crippen molar-refractivity contribution in [1.29, 1.82) is 0 Å². The Labute approximate surface area is 184 Å². The third-order valence-electron chi connectivity index (χ3n) is 5.70. The summed E-state index contributed by atoms with van der Waals surface area (Å²) in [4.78, 5) is 2.55. The lowest BCUT2D eigenvalue weighted by Crippen LogP contribution is -2.39. The molecule has 3 aromatic rings. The monoisotopic (exact) mass is 437 g/mol. The molecular formula is C25H27NO4S. The lowest BCUT2D eigenvalue weighted by molar-refractivity contribution is -0.0431. The van der Waals surface area contributed by atoms with Crippen LogP contribution in [-0.4, -0.2) is 33.0 Å². The van der Waals surface area contributed by atoms with Crippen LogP contribution < -0.4 is 4.18 Å². The Bertz CT molecular complexity index is 1100. The second kappa shape index (κ2) is 9.22. The topological polar surface area (TPSA) is 55.8 Å². The van der Waals surface area contributed by atoms with Gasteiger partial charge in [0.2, 0.25) is 0 Å². The molecule has 1 heterocycles. The zero-order valence-electron chi connectivity index (χ0n) is 17.8. The molecule has 0 N–H and O–H groups in total. The summed E-state index contributed by atoms with van der Waals surface area (Å²) < 4.78 is 36.3. The fourth-order valence-corrected chi connectivity index (χ4v) is 4.71. The third-order valence-corrected chi connectivity index (χ3v) is 6.96. The van der Waals surface area contributed by atoms with E-state index in [1.165, 1.54) is 5.56 Å². The van der Waals surface area contributed by atoms with Crippen LogP contribution >= 0.6 is 0 Å². The van der Waals surface area contributed by atoms with Gasteiger partial charge in [0.15, 0.2) is 0 Å². The number of morpholine rings is 1. The highest BCUT2D eigenvalue weighted by Gasteiger charge is 2.26. The Balaban J connectivity index is 1.43. The molecule has 0 bridgehead atoms. The first kappa shape index (κ1) is 21.6. The minimum absolute atomic E-state index is 0.0670. The van der Waals surface area contributed by atoms with Crippen LogP contribution in [0.3, 0.4) is 0 Å². The van der Waals surface area contributed by atoms with E-state index >= 15 is 0 Å². The molecule has 1 aliphatic heterocycles. The van der Waals surface area contributed by atoms with Crippen molar-refractivity contribution in [2.24, 2.45) is 0 Å². The van der Waals surface area contributed by atoms with Gasteiger partial charge >= 0.3 is 10.1 Å². The Morgan fingerprint density at radius 2 is 1.65 bits per heavy atom. The fraction of sp³-hybridized carbons (Fsp3) is 0.280. The number of hydrogen-bond acceptors (Lipinski definition) is 5. The number of rotatable bonds is 6. The summed E-state index contributed by atoms with van der Waals surface area (Å²) in [7, 11) is -3.86. The molecular weight excluding hydrogens is 410 g/mol. The molecule has 1 saturated heterocycles. The summed E-state index contributed by atoms with van der Waals surface area (Å²) in [5.74, 6) is 0.287. The first-order chi connectivity index (χ1) is 14.9. The van der Waals surface area contributed by atoms with Crippen molar-refractivity contribution in [1.82, 2.24) is 4.90 Å². The van der Waals surface area contributed by atoms with Gasteiger partial charge in [-0.15, -0.1) is 0 Å². The van der Waals surface area contributed by atoms with Gasteiger partial charge in [-0.1, -0.05) is 60.2 Å². The number of nitrogens with zero attached hydrogens (tertiary/aromatic N) is 1. The van der Waals surface area contributed by atoms with E-state index in [1.54, 1.807) is 36.4 Å². The molecule has 31 heavy (non-hydrogen) atoms. The maximum Gasteiger partial charge on any atom is 0.339 e. The van der Waals surface area contributed by atoms with Gasteiger partial charge in [0.1, 0.15) is 10.6 Å². The van der Waals surface area contributed by atoms with Crippen LogP contribution in [0.5, 0.6) is 5.75 Å². The molecule has 0 unspecified atom stereocenters. The largest absolute Gasteiger partial charge is 0.379 e. The van der Waals surface area contributed by atoms with Gasteiger partial charge in [0.25, 0.3) is 0 Å². The lowest BCUT2D eigenvalue weighted by Gasteiger charge is -2.37. The summed E-state index contributed by atoms with van der Waals surface area (Å²) in [5.41, 5.74) is 3.28. The van der Waals surface area contributed by atoms with Crippen molar-refractivity contribution < 1.29 is 17.3 Å². The number of aryl methyl sites for hydroxylation is 1. The first-order valence-corrected chi connectivity index (χ1v) is 11.8. The molecule has 3 aromatic carbocycles. The molecule has 6 heteroatoms. The molecule has 0 saturated carbocycles. The summed E-state index contributed by atoms with van der Waals surface area (Å²) in [6, 6.07) is 24.5. The van der Waals surface area contributed by atoms with E-state index in [1.807, 2.05) is 25.1 Å². The van der Waals surface area contributed by atoms with Crippen molar-refractivity contribution in [3.8, 4) is 5.75 Å². The molecule has 2 atom stereocenters. The summed E-state index contributed by atoms with van der Waals surface area (Å²) >= 11 is 0. The average molecular weight is 438 g/mol. The number of ether oxygens (including phenoxy) is 1. The molecule has 1 fully saturated rings. The zero-order valence-corrected chi connectivity index (χ0v) is 18.6. The molecule has 1 aliphatic rings. The Morgan fingerprint density at radius 3 is 2.32 bits per heavy atom. The summed E-state index contributed by atoms with van der Waals surface area (Å²) in [6.45, 7) is 6.43. The van der Waals surface area contributed by atoms with Gasteiger partial charge in [0.05, 0.1) is 12.7 Å². The predicted octanol–water partition coefficient (Wildman–Crippen LogP) is 4.90. The summed E-state index contributed by atoms with van der Waals surface area (Å²) in [6.07, 6.45) is -0.0670. The normalized spacial score (nSPS) is 18.5. The molecule has 0 radical (unpaired) electrons. The van der Waals surface area contributed by atoms with E-state index in [9.17, 15) is 8.42 Å². The predicted molar refractivity (Wildman–Crippen MR) is 121 cm³/mol. The van der Waals surface area contributed by atoms with Crippen molar-refractivity contribution in [3.63, 3.8) is 0 Å². The van der Waals surface area contributed by atoms with Crippen molar-refractivity contribution in [2.45, 2.75) is 30.9 Å². The highest BCUT2D eigenvalue weighted by molar-refractivity contribution is 7.87. The van der Waals surface area contributed by atoms with Crippen LogP contribution in [-0.2, 0) is 14.9 Å². The highest BCUT2D eigenvalue weighted by atomic mass is 32.2. The maximum absolute atomic E-state index is 12.5. The van der Waals surface area contributed by atoms with Crippen LogP contribution in [0.4, 0.5) is 0 Å². The third kappa shape index (κ3) is 5.15. The smallest absolute Gasteiger partial charge is 0.339 e. The minimum atomic E-state index is -3.86. The van der Waals surface area contributed by atoms with E-state index in [4.69, 9.17) is 8.92 Å². The SMILES string of the molecule is Cc1ccc(S(=O)(=O)Oc2ccc([C@H]3CN([C@H](C)c4ccccc4)CCO3)cc2)cc1. The molecule has 0 amide bonds. The lowest BCUT2D eigenvalue weighted by atomic mass is 10.0. The molecule has 5 nitrogen and oxygen atoms in total. The highest BCUT2D eigenvalue weighted by Crippen LogP contribution is 2.30. The molecule has 0 aliphatic carbocycles. The first-order valence-electron chi connectivity index (χ1n) is 10.4. The van der Waals surface area contributed by atoms with Crippen LogP contribution in [0.25, 0.3) is 0 Å². The van der Waals surface area contributed by atoms with Gasteiger partial charge in [0, 0.05) is 19.1 Å². The number of benzene rings is 3. The molecule has 162 valence electrons. The molecule has 0 aromatic heterocycles. The zero-order chi connectivity index (χ0) is 21.8. The van der Waals surface area contributed by atoms with Crippen molar-refractivity contribution in [3.05, 3.63) is 95.6 Å². The van der Waals surface area contributed by atoms with Crippen LogP contribution in [0.2, 0.25) is 0 Å².